The van der Waals surface area contributed by atoms with Crippen LogP contribution in [0.2, 0.25) is 0 Å². The van der Waals surface area contributed by atoms with E-state index in [-0.39, 0.29) is 24.9 Å². The first kappa shape index (κ1) is 23.4. The number of anilines is 1. The van der Waals surface area contributed by atoms with Gasteiger partial charge in [-0.25, -0.2) is 4.79 Å². The molecule has 0 aliphatic carbocycles. The second kappa shape index (κ2) is 11.9. The number of fused-ring (bicyclic) bond motifs is 1. The lowest BCUT2D eigenvalue weighted by Crippen LogP contribution is -2.47. The molecule has 2 heterocycles. The fourth-order valence-electron chi connectivity index (χ4n) is 4.37. The monoisotopic (exact) mass is 454 g/mol. The zero-order valence-electron chi connectivity index (χ0n) is 19.4. The van der Waals surface area contributed by atoms with Crippen LogP contribution >= 0.6 is 0 Å². The molecular weight excluding hydrogens is 420 g/mol. The first-order chi connectivity index (χ1) is 16.2. The molecule has 1 amide bonds. The Bertz CT molecular complexity index is 878. The van der Waals surface area contributed by atoms with Crippen LogP contribution in [0.5, 0.6) is 5.75 Å². The van der Waals surface area contributed by atoms with Crippen molar-refractivity contribution in [2.24, 2.45) is 0 Å². The first-order valence-electron chi connectivity index (χ1n) is 11.8. The Kier molecular flexibility index (Phi) is 8.44. The maximum atomic E-state index is 12.5. The second-order valence-electron chi connectivity index (χ2n) is 8.58. The third-order valence-corrected chi connectivity index (χ3v) is 6.06. The van der Waals surface area contributed by atoms with Gasteiger partial charge in [-0.1, -0.05) is 42.5 Å². The normalized spacial score (nSPS) is 20.2. The average Bonchev–Trinajstić information content (AvgIpc) is 2.87. The number of likely N-dealkylation sites (tertiary alicyclic amines) is 1. The molecule has 0 spiro atoms. The van der Waals surface area contributed by atoms with E-state index >= 15 is 0 Å². The number of benzene rings is 2. The SMILES string of the molecule is COCCCN1CC(COC2CCCN(C(=O)OCc3ccccc3)C2)Oc2ccccc21. The molecule has 2 aliphatic heterocycles. The van der Waals surface area contributed by atoms with Crippen LogP contribution in [-0.4, -0.2) is 69.7 Å². The molecule has 0 radical (unpaired) electrons. The summed E-state index contributed by atoms with van der Waals surface area (Å²) in [5, 5.41) is 0. The van der Waals surface area contributed by atoms with Gasteiger partial charge in [-0.3, -0.25) is 0 Å². The lowest BCUT2D eigenvalue weighted by Gasteiger charge is -2.37. The van der Waals surface area contributed by atoms with Crippen LogP contribution in [0.4, 0.5) is 10.5 Å². The minimum absolute atomic E-state index is 0.00858. The fourth-order valence-corrected chi connectivity index (χ4v) is 4.37. The lowest BCUT2D eigenvalue weighted by atomic mass is 10.1. The quantitative estimate of drug-likeness (QED) is 0.532. The highest BCUT2D eigenvalue weighted by molar-refractivity contribution is 5.67. The summed E-state index contributed by atoms with van der Waals surface area (Å²) in [6.07, 6.45) is 2.46. The smallest absolute Gasteiger partial charge is 0.410 e. The van der Waals surface area contributed by atoms with E-state index in [0.717, 1.165) is 56.0 Å². The van der Waals surface area contributed by atoms with Gasteiger partial charge in [0, 0.05) is 26.8 Å². The Hall–Kier alpha value is -2.77. The second-order valence-corrected chi connectivity index (χ2v) is 8.58. The van der Waals surface area contributed by atoms with E-state index in [4.69, 9.17) is 18.9 Å². The molecule has 7 nitrogen and oxygen atoms in total. The van der Waals surface area contributed by atoms with Crippen LogP contribution in [-0.2, 0) is 20.8 Å². The Morgan fingerprint density at radius 1 is 1.09 bits per heavy atom. The van der Waals surface area contributed by atoms with Crippen LogP contribution in [0.1, 0.15) is 24.8 Å². The van der Waals surface area contributed by atoms with Crippen molar-refractivity contribution in [1.82, 2.24) is 4.90 Å². The zero-order chi connectivity index (χ0) is 22.9. The highest BCUT2D eigenvalue weighted by atomic mass is 16.6. The van der Waals surface area contributed by atoms with Gasteiger partial charge >= 0.3 is 6.09 Å². The zero-order valence-corrected chi connectivity index (χ0v) is 19.4. The van der Waals surface area contributed by atoms with Crippen molar-refractivity contribution in [2.75, 3.05) is 51.4 Å². The minimum atomic E-state index is -0.278. The van der Waals surface area contributed by atoms with Crippen molar-refractivity contribution in [1.29, 1.82) is 0 Å². The van der Waals surface area contributed by atoms with Crippen LogP contribution < -0.4 is 9.64 Å². The highest BCUT2D eigenvalue weighted by Crippen LogP contribution is 2.33. The highest BCUT2D eigenvalue weighted by Gasteiger charge is 2.29. The number of nitrogens with zero attached hydrogens (tertiary/aromatic N) is 2. The molecule has 33 heavy (non-hydrogen) atoms. The fraction of sp³-hybridized carbons (Fsp3) is 0.500. The van der Waals surface area contributed by atoms with Gasteiger partial charge in [-0.15, -0.1) is 0 Å². The van der Waals surface area contributed by atoms with E-state index in [9.17, 15) is 4.79 Å². The summed E-state index contributed by atoms with van der Waals surface area (Å²) < 4.78 is 23.2. The molecular formula is C26H34N2O5. The summed E-state index contributed by atoms with van der Waals surface area (Å²) in [4.78, 5) is 16.6. The number of piperidine rings is 1. The molecule has 2 unspecified atom stereocenters. The summed E-state index contributed by atoms with van der Waals surface area (Å²) >= 11 is 0. The third kappa shape index (κ3) is 6.62. The van der Waals surface area contributed by atoms with Crippen LogP contribution in [0.15, 0.2) is 54.6 Å². The molecule has 0 bridgehead atoms. The summed E-state index contributed by atoms with van der Waals surface area (Å²) in [6, 6.07) is 17.9. The minimum Gasteiger partial charge on any atom is -0.484 e. The number of amides is 1. The number of carbonyl (C=O) groups excluding carboxylic acids is 1. The van der Waals surface area contributed by atoms with Crippen molar-refractivity contribution < 1.29 is 23.7 Å². The van der Waals surface area contributed by atoms with E-state index in [1.807, 2.05) is 48.5 Å². The standard InChI is InChI=1S/C26H34N2O5/c1-30-16-8-15-27-18-23(33-25-13-6-5-12-24(25)27)20-31-22-11-7-14-28(17-22)26(29)32-19-21-9-3-2-4-10-21/h2-6,9-10,12-13,22-23H,7-8,11,14-20H2,1H3. The van der Waals surface area contributed by atoms with Crippen molar-refractivity contribution in [3.8, 4) is 5.75 Å². The number of carbonyl (C=O) groups is 1. The van der Waals surface area contributed by atoms with Crippen molar-refractivity contribution in [3.05, 3.63) is 60.2 Å². The number of hydrogen-bond acceptors (Lipinski definition) is 6. The summed E-state index contributed by atoms with van der Waals surface area (Å²) in [5.74, 6) is 0.893. The van der Waals surface area contributed by atoms with Gasteiger partial charge in [-0.05, 0) is 37.0 Å². The molecule has 178 valence electrons. The molecule has 2 aromatic rings. The first-order valence-corrected chi connectivity index (χ1v) is 11.8. The summed E-state index contributed by atoms with van der Waals surface area (Å²) in [7, 11) is 1.73. The van der Waals surface area contributed by atoms with E-state index in [1.54, 1.807) is 12.0 Å². The van der Waals surface area contributed by atoms with Gasteiger partial charge in [0.1, 0.15) is 18.5 Å². The van der Waals surface area contributed by atoms with Crippen LogP contribution in [0.3, 0.4) is 0 Å². The Labute approximate surface area is 196 Å². The van der Waals surface area contributed by atoms with E-state index in [0.29, 0.717) is 19.7 Å². The molecule has 0 N–H and O–H groups in total. The van der Waals surface area contributed by atoms with Crippen LogP contribution in [0.25, 0.3) is 0 Å². The van der Waals surface area contributed by atoms with Gasteiger partial charge in [-0.2, -0.15) is 0 Å². The molecule has 0 saturated carbocycles. The van der Waals surface area contributed by atoms with Crippen molar-refractivity contribution >= 4 is 11.8 Å². The number of methoxy groups -OCH3 is 1. The van der Waals surface area contributed by atoms with Gasteiger partial charge in [0.05, 0.1) is 31.5 Å². The largest absolute Gasteiger partial charge is 0.484 e. The molecule has 1 saturated heterocycles. The molecule has 1 fully saturated rings. The van der Waals surface area contributed by atoms with E-state index in [1.165, 1.54) is 0 Å². The van der Waals surface area contributed by atoms with Gasteiger partial charge in [0.2, 0.25) is 0 Å². The molecule has 2 aromatic carbocycles. The van der Waals surface area contributed by atoms with Gasteiger partial charge in [0.15, 0.2) is 0 Å². The predicted molar refractivity (Wildman–Crippen MR) is 127 cm³/mol. The third-order valence-electron chi connectivity index (χ3n) is 6.06. The van der Waals surface area contributed by atoms with Crippen molar-refractivity contribution in [2.45, 2.75) is 38.1 Å². The summed E-state index contributed by atoms with van der Waals surface area (Å²) in [5.41, 5.74) is 2.11. The lowest BCUT2D eigenvalue weighted by molar-refractivity contribution is -0.0329. The van der Waals surface area contributed by atoms with Crippen LogP contribution in [0, 0.1) is 0 Å². The Balaban J connectivity index is 1.26. The topological polar surface area (TPSA) is 60.5 Å². The van der Waals surface area contributed by atoms with E-state index < -0.39 is 0 Å². The number of para-hydroxylation sites is 2. The maximum absolute atomic E-state index is 12.5. The molecule has 4 rings (SSSR count). The van der Waals surface area contributed by atoms with Gasteiger partial charge < -0.3 is 28.7 Å². The number of hydrogen-bond donors (Lipinski definition) is 0. The molecule has 0 aromatic heterocycles. The number of ether oxygens (including phenoxy) is 4. The predicted octanol–water partition coefficient (Wildman–Crippen LogP) is 4.11. The Morgan fingerprint density at radius 2 is 1.91 bits per heavy atom. The molecule has 7 heteroatoms. The maximum Gasteiger partial charge on any atom is 0.410 e. The van der Waals surface area contributed by atoms with Crippen molar-refractivity contribution in [3.63, 3.8) is 0 Å². The van der Waals surface area contributed by atoms with Gasteiger partial charge in [0.25, 0.3) is 0 Å². The average molecular weight is 455 g/mol. The number of rotatable bonds is 9. The Morgan fingerprint density at radius 3 is 2.76 bits per heavy atom. The summed E-state index contributed by atoms with van der Waals surface area (Å²) in [6.45, 7) is 4.45. The van der Waals surface area contributed by atoms with E-state index in [2.05, 4.69) is 11.0 Å². The molecule has 2 atom stereocenters. The molecule has 2 aliphatic rings.